The number of rotatable bonds is 3. The summed E-state index contributed by atoms with van der Waals surface area (Å²) in [6.07, 6.45) is 2.90. The molecule has 1 aromatic heterocycles. The van der Waals surface area contributed by atoms with Crippen molar-refractivity contribution in [2.45, 2.75) is 38.2 Å². The van der Waals surface area contributed by atoms with E-state index in [0.29, 0.717) is 31.1 Å². The molecular weight excluding hydrogens is 380 g/mol. The number of ether oxygens (including phenoxy) is 2. The highest BCUT2D eigenvalue weighted by Gasteiger charge is 2.30. The number of hydrogen-bond donors (Lipinski definition) is 2. The number of carbonyl (C=O) groups is 1. The summed E-state index contributed by atoms with van der Waals surface area (Å²) in [4.78, 5) is 21.4. The van der Waals surface area contributed by atoms with Gasteiger partial charge in [0.05, 0.1) is 30.5 Å². The lowest BCUT2D eigenvalue weighted by molar-refractivity contribution is 0.00570. The Morgan fingerprint density at radius 3 is 2.64 bits per heavy atom. The monoisotopic (exact) mass is 408 g/mol. The van der Waals surface area contributed by atoms with Crippen LogP contribution in [0.5, 0.6) is 0 Å². The summed E-state index contributed by atoms with van der Waals surface area (Å²) in [6, 6.07) is -0.159. The van der Waals surface area contributed by atoms with Crippen LogP contribution < -0.4 is 15.2 Å². The summed E-state index contributed by atoms with van der Waals surface area (Å²) in [7, 11) is 1.68. The van der Waals surface area contributed by atoms with E-state index < -0.39 is 5.60 Å². The van der Waals surface area contributed by atoms with Crippen molar-refractivity contribution in [1.29, 1.82) is 0 Å². The van der Waals surface area contributed by atoms with Crippen LogP contribution in [0.25, 0.3) is 11.5 Å². The average Bonchev–Trinajstić information content (AvgIpc) is 3.11. The van der Waals surface area contributed by atoms with E-state index in [1.54, 1.807) is 12.0 Å². The summed E-state index contributed by atoms with van der Waals surface area (Å²) < 4.78 is 12.1. The molecule has 0 radical (unpaired) electrons. The van der Waals surface area contributed by atoms with Gasteiger partial charge in [0.1, 0.15) is 11.1 Å². The second-order valence-corrected chi connectivity index (χ2v) is 8.78. The molecule has 2 aliphatic heterocycles. The molecule has 0 aromatic carbocycles. The second kappa shape index (κ2) is 7.88. The predicted octanol–water partition coefficient (Wildman–Crippen LogP) is 0.511. The number of morpholine rings is 1. The van der Waals surface area contributed by atoms with Gasteiger partial charge in [-0.05, 0) is 26.2 Å². The zero-order valence-electron chi connectivity index (χ0n) is 16.5. The molecule has 0 bridgehead atoms. The fraction of sp³-hybridized carbons (Fsp3) is 0.684. The third kappa shape index (κ3) is 3.97. The number of nitrogens with zero attached hydrogens (tertiary/aromatic N) is 3. The van der Waals surface area contributed by atoms with Gasteiger partial charge in [0.15, 0.2) is 5.13 Å². The number of hydrogen-bond acceptors (Lipinski definition) is 7. The summed E-state index contributed by atoms with van der Waals surface area (Å²) >= 11 is 1.51. The Hall–Kier alpha value is -1.84. The van der Waals surface area contributed by atoms with Gasteiger partial charge in [-0.3, -0.25) is 5.32 Å². The van der Waals surface area contributed by atoms with Crippen LogP contribution in [0.4, 0.5) is 9.93 Å². The van der Waals surface area contributed by atoms with Crippen LogP contribution in [-0.2, 0) is 9.47 Å². The minimum Gasteiger partial charge on any atom is -0.499 e. The molecule has 1 aromatic rings. The molecule has 0 spiro atoms. The van der Waals surface area contributed by atoms with Gasteiger partial charge in [-0.25, -0.2) is 9.78 Å². The highest BCUT2D eigenvalue weighted by molar-refractivity contribution is 7.13. The Balaban J connectivity index is 1.58. The molecule has 2 N–H and O–H groups in total. The molecule has 8 nitrogen and oxygen atoms in total. The van der Waals surface area contributed by atoms with Crippen LogP contribution in [0.1, 0.15) is 32.6 Å². The molecule has 28 heavy (non-hydrogen) atoms. The first-order valence-electron chi connectivity index (χ1n) is 9.85. The highest BCUT2D eigenvalue weighted by Crippen LogP contribution is 2.23. The topological polar surface area (TPSA) is 87.2 Å². The molecule has 2 saturated heterocycles. The van der Waals surface area contributed by atoms with Crippen LogP contribution in [0.3, 0.4) is 0 Å². The smallest absolute Gasteiger partial charge is 0.323 e. The number of thiazole rings is 1. The van der Waals surface area contributed by atoms with Crippen LogP contribution in [-0.4, -0.2) is 78.0 Å². The third-order valence-electron chi connectivity index (χ3n) is 5.72. The summed E-state index contributed by atoms with van der Waals surface area (Å²) in [6.45, 7) is 6.15. The van der Waals surface area contributed by atoms with Crippen LogP contribution in [0.2, 0.25) is 0 Å². The molecule has 3 aliphatic rings. The molecule has 0 unspecified atom stereocenters. The van der Waals surface area contributed by atoms with Crippen LogP contribution in [0.15, 0.2) is 0 Å². The number of aromatic nitrogens is 1. The van der Waals surface area contributed by atoms with Crippen molar-refractivity contribution in [3.63, 3.8) is 0 Å². The van der Waals surface area contributed by atoms with E-state index in [1.165, 1.54) is 17.0 Å². The zero-order chi connectivity index (χ0) is 19.7. The van der Waals surface area contributed by atoms with Gasteiger partial charge in [0, 0.05) is 38.3 Å². The number of likely N-dealkylation sites (tertiary alicyclic amines) is 1. The third-order valence-corrected chi connectivity index (χ3v) is 6.74. The first-order chi connectivity index (χ1) is 13.5. The van der Waals surface area contributed by atoms with Gasteiger partial charge in [-0.2, -0.15) is 0 Å². The Morgan fingerprint density at radius 2 is 1.96 bits per heavy atom. The summed E-state index contributed by atoms with van der Waals surface area (Å²) in [5, 5.41) is 14.5. The van der Waals surface area contributed by atoms with Crippen molar-refractivity contribution in [3.05, 3.63) is 9.88 Å². The molecule has 0 atom stereocenters. The quantitative estimate of drug-likeness (QED) is 0.758. The van der Waals surface area contributed by atoms with E-state index in [2.05, 4.69) is 15.2 Å². The molecule has 9 heteroatoms. The number of nitrogens with one attached hydrogen (secondary N) is 1. The maximum Gasteiger partial charge on any atom is 0.323 e. The van der Waals surface area contributed by atoms with Crippen LogP contribution >= 0.6 is 11.3 Å². The van der Waals surface area contributed by atoms with Crippen molar-refractivity contribution < 1.29 is 19.4 Å². The lowest BCUT2D eigenvalue weighted by Crippen LogP contribution is -2.46. The molecule has 2 fully saturated rings. The summed E-state index contributed by atoms with van der Waals surface area (Å²) in [5.74, 6) is 0.873. The van der Waals surface area contributed by atoms with Gasteiger partial charge in [0.2, 0.25) is 0 Å². The molecule has 2 amide bonds. The van der Waals surface area contributed by atoms with Crippen molar-refractivity contribution in [2.24, 2.45) is 0 Å². The first-order valence-corrected chi connectivity index (χ1v) is 10.7. The number of piperidine rings is 1. The normalized spacial score (nSPS) is 22.1. The van der Waals surface area contributed by atoms with Crippen molar-refractivity contribution in [2.75, 3.05) is 51.8 Å². The lowest BCUT2D eigenvalue weighted by Gasteiger charge is -2.35. The maximum atomic E-state index is 12.7. The van der Waals surface area contributed by atoms with Crippen molar-refractivity contribution in [1.82, 2.24) is 14.8 Å². The fourth-order valence-corrected chi connectivity index (χ4v) is 4.99. The minimum absolute atomic E-state index is 0.159. The number of aliphatic hydroxyl groups is 1. The molecular formula is C19H28N4O4S. The van der Waals surface area contributed by atoms with E-state index in [9.17, 15) is 9.90 Å². The Bertz CT molecular complexity index is 850. The number of methoxy groups -OCH3 is 1. The average molecular weight is 409 g/mol. The van der Waals surface area contributed by atoms with Gasteiger partial charge >= 0.3 is 6.03 Å². The Kier molecular flexibility index (Phi) is 5.48. The summed E-state index contributed by atoms with van der Waals surface area (Å²) in [5.41, 5.74) is 0.590. The van der Waals surface area contributed by atoms with E-state index in [-0.39, 0.29) is 6.03 Å². The van der Waals surface area contributed by atoms with Crippen molar-refractivity contribution in [3.8, 4) is 0 Å². The highest BCUT2D eigenvalue weighted by atomic mass is 32.1. The number of amides is 2. The number of urea groups is 1. The number of fused-ring (bicyclic) bond motifs is 1. The molecule has 154 valence electrons. The second-order valence-electron chi connectivity index (χ2n) is 7.78. The minimum atomic E-state index is -0.679. The predicted molar refractivity (Wildman–Crippen MR) is 107 cm³/mol. The van der Waals surface area contributed by atoms with Gasteiger partial charge in [-0.1, -0.05) is 11.3 Å². The van der Waals surface area contributed by atoms with Crippen molar-refractivity contribution >= 4 is 34.0 Å². The number of carbonyl (C=O) groups excluding carboxylic acids is 1. The molecule has 4 rings (SSSR count). The van der Waals surface area contributed by atoms with Gasteiger partial charge < -0.3 is 24.4 Å². The van der Waals surface area contributed by atoms with Gasteiger partial charge in [0.25, 0.3) is 0 Å². The van der Waals surface area contributed by atoms with E-state index >= 15 is 0 Å². The molecule has 1 aliphatic carbocycles. The van der Waals surface area contributed by atoms with E-state index in [1.807, 2.05) is 6.92 Å². The lowest BCUT2D eigenvalue weighted by atomic mass is 9.94. The fourth-order valence-electron chi connectivity index (χ4n) is 3.92. The zero-order valence-corrected chi connectivity index (χ0v) is 17.3. The van der Waals surface area contributed by atoms with E-state index in [4.69, 9.17) is 9.47 Å². The van der Waals surface area contributed by atoms with E-state index in [0.717, 1.165) is 54.8 Å². The SMILES string of the molecule is COC1=c2nc(NC(=O)N3CCC(C)(O)CC3)sc2=C(N2CCOCC2)CC1. The Morgan fingerprint density at radius 1 is 1.25 bits per heavy atom. The molecule has 0 saturated carbocycles. The molecule has 3 heterocycles. The number of anilines is 1. The Labute approximate surface area is 168 Å². The largest absolute Gasteiger partial charge is 0.499 e. The van der Waals surface area contributed by atoms with Crippen LogP contribution in [0, 0.1) is 0 Å². The maximum absolute atomic E-state index is 12.7. The van der Waals surface area contributed by atoms with Gasteiger partial charge in [-0.15, -0.1) is 0 Å². The first kappa shape index (κ1) is 19.5. The standard InChI is InChI=1S/C19H28N4O4S/c1-19(25)5-7-23(8-6-19)18(24)21-17-20-15-14(26-2)4-3-13(16(15)28-17)22-9-11-27-12-10-22/h25H,3-12H2,1-2H3,(H,20,21,24).